The topological polar surface area (TPSA) is 72.4 Å². The van der Waals surface area contributed by atoms with Gasteiger partial charge < -0.3 is 16.4 Å². The normalized spacial score (nSPS) is 20.3. The summed E-state index contributed by atoms with van der Waals surface area (Å²) < 4.78 is 0. The van der Waals surface area contributed by atoms with E-state index in [-0.39, 0.29) is 11.8 Å². The number of nitrogens with zero attached hydrogens (tertiary/aromatic N) is 1. The van der Waals surface area contributed by atoms with Crippen LogP contribution in [0, 0.1) is 5.92 Å². The molecule has 17 heavy (non-hydrogen) atoms. The molecule has 5 heteroatoms. The number of para-hydroxylation sites is 1. The van der Waals surface area contributed by atoms with Crippen LogP contribution >= 0.6 is 11.6 Å². The molecule has 4 N–H and O–H groups in total. The van der Waals surface area contributed by atoms with Crippen molar-refractivity contribution in [2.24, 2.45) is 11.7 Å². The Bertz CT molecular complexity index is 436. The van der Waals surface area contributed by atoms with Crippen LogP contribution in [0.15, 0.2) is 18.2 Å². The third-order valence-electron chi connectivity index (χ3n) is 3.19. The number of amides is 1. The Morgan fingerprint density at radius 1 is 1.47 bits per heavy atom. The largest absolute Gasteiger partial charge is 0.396 e. The highest BCUT2D eigenvalue weighted by Crippen LogP contribution is 2.32. The number of hydrogen-bond acceptors (Lipinski definition) is 3. The number of anilines is 2. The van der Waals surface area contributed by atoms with Crippen LogP contribution < -0.4 is 16.4 Å². The third kappa shape index (κ3) is 2.47. The van der Waals surface area contributed by atoms with Crippen molar-refractivity contribution in [2.45, 2.75) is 12.8 Å². The molecule has 0 aliphatic carbocycles. The van der Waals surface area contributed by atoms with Crippen LogP contribution in [0.5, 0.6) is 0 Å². The van der Waals surface area contributed by atoms with Crippen LogP contribution in [0.2, 0.25) is 5.02 Å². The van der Waals surface area contributed by atoms with E-state index in [0.717, 1.165) is 25.1 Å². The van der Waals surface area contributed by atoms with Gasteiger partial charge in [0.1, 0.15) is 0 Å². The van der Waals surface area contributed by atoms with Crippen LogP contribution in [0.1, 0.15) is 12.8 Å². The Balaban J connectivity index is 2.22. The number of primary amides is 1. The molecule has 0 bridgehead atoms. The zero-order valence-corrected chi connectivity index (χ0v) is 10.3. The number of hydrogen-bond donors (Lipinski definition) is 2. The lowest BCUT2D eigenvalue weighted by atomic mass is 9.97. The van der Waals surface area contributed by atoms with E-state index in [1.807, 2.05) is 12.1 Å². The average Bonchev–Trinajstić information content (AvgIpc) is 2.33. The minimum atomic E-state index is -0.240. The number of carbonyl (C=O) groups excluding carboxylic acids is 1. The highest BCUT2D eigenvalue weighted by Gasteiger charge is 2.25. The minimum absolute atomic E-state index is 0.0952. The lowest BCUT2D eigenvalue weighted by Crippen LogP contribution is -2.41. The second-order valence-corrected chi connectivity index (χ2v) is 4.77. The van der Waals surface area contributed by atoms with Gasteiger partial charge in [-0.2, -0.15) is 0 Å². The molecule has 1 atom stereocenters. The molecule has 2 rings (SSSR count). The maximum absolute atomic E-state index is 11.2. The van der Waals surface area contributed by atoms with E-state index in [1.54, 1.807) is 6.07 Å². The van der Waals surface area contributed by atoms with Crippen molar-refractivity contribution in [3.63, 3.8) is 0 Å². The fourth-order valence-electron chi connectivity index (χ4n) is 2.23. The number of benzene rings is 1. The zero-order chi connectivity index (χ0) is 12.4. The quantitative estimate of drug-likeness (QED) is 0.787. The molecule has 1 unspecified atom stereocenters. The molecule has 1 aromatic rings. The predicted molar refractivity (Wildman–Crippen MR) is 70.0 cm³/mol. The first kappa shape index (κ1) is 12.0. The number of nitrogen functional groups attached to an aromatic ring is 1. The van der Waals surface area contributed by atoms with Gasteiger partial charge in [0.05, 0.1) is 22.3 Å². The highest BCUT2D eigenvalue weighted by atomic mass is 35.5. The summed E-state index contributed by atoms with van der Waals surface area (Å²) in [5.74, 6) is -0.336. The van der Waals surface area contributed by atoms with E-state index in [4.69, 9.17) is 23.1 Å². The number of carbonyl (C=O) groups is 1. The van der Waals surface area contributed by atoms with Crippen molar-refractivity contribution in [1.29, 1.82) is 0 Å². The summed E-state index contributed by atoms with van der Waals surface area (Å²) in [5, 5.41) is 0.545. The second kappa shape index (κ2) is 4.84. The molecule has 1 amide bonds. The molecule has 0 spiro atoms. The van der Waals surface area contributed by atoms with Crippen LogP contribution in [0.3, 0.4) is 0 Å². The molecule has 1 aliphatic rings. The first-order valence-electron chi connectivity index (χ1n) is 5.68. The predicted octanol–water partition coefficient (Wildman–Crippen LogP) is 1.62. The Morgan fingerprint density at radius 3 is 2.94 bits per heavy atom. The van der Waals surface area contributed by atoms with Crippen LogP contribution in [-0.4, -0.2) is 19.0 Å². The van der Waals surface area contributed by atoms with Gasteiger partial charge in [-0.3, -0.25) is 4.79 Å². The van der Waals surface area contributed by atoms with Crippen molar-refractivity contribution in [2.75, 3.05) is 23.7 Å². The van der Waals surface area contributed by atoms with Crippen molar-refractivity contribution < 1.29 is 4.79 Å². The Labute approximate surface area is 106 Å². The molecule has 1 aliphatic heterocycles. The van der Waals surface area contributed by atoms with Gasteiger partial charge >= 0.3 is 0 Å². The van der Waals surface area contributed by atoms with Crippen molar-refractivity contribution in [1.82, 2.24) is 0 Å². The monoisotopic (exact) mass is 253 g/mol. The van der Waals surface area contributed by atoms with Crippen LogP contribution in [0.25, 0.3) is 0 Å². The number of nitrogens with two attached hydrogens (primary N) is 2. The molecule has 4 nitrogen and oxygen atoms in total. The van der Waals surface area contributed by atoms with Crippen molar-refractivity contribution in [3.8, 4) is 0 Å². The van der Waals surface area contributed by atoms with E-state index in [1.165, 1.54) is 0 Å². The maximum Gasteiger partial charge on any atom is 0.222 e. The van der Waals surface area contributed by atoms with Gasteiger partial charge in [0.25, 0.3) is 0 Å². The fraction of sp³-hybridized carbons (Fsp3) is 0.417. The molecule has 1 aromatic carbocycles. The molecule has 1 fully saturated rings. The van der Waals surface area contributed by atoms with E-state index in [0.29, 0.717) is 17.3 Å². The Kier molecular flexibility index (Phi) is 3.43. The summed E-state index contributed by atoms with van der Waals surface area (Å²) in [6.45, 7) is 1.51. The van der Waals surface area contributed by atoms with E-state index in [2.05, 4.69) is 4.90 Å². The summed E-state index contributed by atoms with van der Waals surface area (Å²) in [6, 6.07) is 5.54. The smallest absolute Gasteiger partial charge is 0.222 e. The lowest BCUT2D eigenvalue weighted by Gasteiger charge is -2.33. The Hall–Kier alpha value is -1.42. The summed E-state index contributed by atoms with van der Waals surface area (Å²) in [4.78, 5) is 13.3. The average molecular weight is 254 g/mol. The van der Waals surface area contributed by atoms with Crippen LogP contribution in [-0.2, 0) is 4.79 Å². The molecular formula is C12H16ClN3O. The number of halogens is 1. The van der Waals surface area contributed by atoms with Gasteiger partial charge in [-0.15, -0.1) is 0 Å². The van der Waals surface area contributed by atoms with Gasteiger partial charge in [-0.25, -0.2) is 0 Å². The van der Waals surface area contributed by atoms with Gasteiger partial charge in [0.2, 0.25) is 5.91 Å². The van der Waals surface area contributed by atoms with Crippen LogP contribution in [0.4, 0.5) is 11.4 Å². The number of rotatable bonds is 2. The maximum atomic E-state index is 11.2. The molecule has 0 radical (unpaired) electrons. The summed E-state index contributed by atoms with van der Waals surface area (Å²) in [7, 11) is 0. The summed E-state index contributed by atoms with van der Waals surface area (Å²) >= 11 is 5.99. The molecule has 1 heterocycles. The first-order valence-corrected chi connectivity index (χ1v) is 6.05. The highest BCUT2D eigenvalue weighted by molar-refractivity contribution is 6.33. The third-order valence-corrected chi connectivity index (χ3v) is 3.52. The molecular weight excluding hydrogens is 238 g/mol. The Morgan fingerprint density at radius 2 is 2.24 bits per heavy atom. The standard InChI is InChI=1S/C12H16ClN3O/c13-9-4-1-5-10(11(9)14)16-6-2-3-8(7-16)12(15)17/h1,4-5,8H,2-3,6-7,14H2,(H2,15,17). The number of piperidine rings is 1. The van der Waals surface area contributed by atoms with Gasteiger partial charge in [-0.05, 0) is 25.0 Å². The first-order chi connectivity index (χ1) is 8.09. The van der Waals surface area contributed by atoms with Gasteiger partial charge in [0, 0.05) is 13.1 Å². The van der Waals surface area contributed by atoms with E-state index in [9.17, 15) is 4.79 Å². The van der Waals surface area contributed by atoms with Gasteiger partial charge in [0.15, 0.2) is 0 Å². The zero-order valence-electron chi connectivity index (χ0n) is 9.53. The molecule has 92 valence electrons. The minimum Gasteiger partial charge on any atom is -0.396 e. The fourth-order valence-corrected chi connectivity index (χ4v) is 2.40. The molecule has 1 saturated heterocycles. The van der Waals surface area contributed by atoms with E-state index < -0.39 is 0 Å². The van der Waals surface area contributed by atoms with Crippen molar-refractivity contribution >= 4 is 28.9 Å². The second-order valence-electron chi connectivity index (χ2n) is 4.36. The summed E-state index contributed by atoms with van der Waals surface area (Å²) in [5.41, 5.74) is 12.8. The van der Waals surface area contributed by atoms with Crippen molar-refractivity contribution in [3.05, 3.63) is 23.2 Å². The molecule has 0 aromatic heterocycles. The summed E-state index contributed by atoms with van der Waals surface area (Å²) in [6.07, 6.45) is 1.80. The van der Waals surface area contributed by atoms with E-state index >= 15 is 0 Å². The lowest BCUT2D eigenvalue weighted by molar-refractivity contribution is -0.122. The van der Waals surface area contributed by atoms with Gasteiger partial charge in [-0.1, -0.05) is 17.7 Å². The molecule has 0 saturated carbocycles. The SMILES string of the molecule is NC(=O)C1CCCN(c2cccc(Cl)c2N)C1.